The van der Waals surface area contributed by atoms with E-state index in [0.717, 1.165) is 11.3 Å². The van der Waals surface area contributed by atoms with Crippen molar-refractivity contribution in [2.75, 3.05) is 5.32 Å². The van der Waals surface area contributed by atoms with Crippen LogP contribution in [0.2, 0.25) is 0 Å². The number of carbonyl (C=O) groups excluding carboxylic acids is 1. The van der Waals surface area contributed by atoms with Crippen LogP contribution in [0.5, 0.6) is 0 Å². The lowest BCUT2D eigenvalue weighted by molar-refractivity contribution is -0.0904. The van der Waals surface area contributed by atoms with Crippen molar-refractivity contribution in [3.8, 4) is 0 Å². The monoisotopic (exact) mass is 423 g/mol. The molecule has 10 heteroatoms. The summed E-state index contributed by atoms with van der Waals surface area (Å²) in [5.41, 5.74) is 0.0963. The molecule has 0 bridgehead atoms. The van der Waals surface area contributed by atoms with Crippen LogP contribution in [0.15, 0.2) is 53.6 Å². The molecule has 0 spiro atoms. The molecule has 26 heavy (non-hydrogen) atoms. The molecular weight excluding hydrogens is 410 g/mol. The van der Waals surface area contributed by atoms with Crippen molar-refractivity contribution in [2.24, 2.45) is 7.05 Å². The summed E-state index contributed by atoms with van der Waals surface area (Å²) in [4.78, 5) is 16.4. The van der Waals surface area contributed by atoms with Crippen molar-refractivity contribution in [1.82, 2.24) is 9.55 Å². The highest BCUT2D eigenvalue weighted by atomic mass is 35.5. The molecule has 4 nitrogen and oxygen atoms in total. The van der Waals surface area contributed by atoms with Gasteiger partial charge in [-0.2, -0.15) is 13.2 Å². The second-order valence-corrected chi connectivity index (χ2v) is 5.95. The molecule has 3 rings (SSSR count). The molecule has 0 unspecified atom stereocenters. The maximum absolute atomic E-state index is 13.3. The highest BCUT2D eigenvalue weighted by Crippen LogP contribution is 2.28. The van der Waals surface area contributed by atoms with E-state index in [-0.39, 0.29) is 35.6 Å². The Bertz CT molecular complexity index is 921. The van der Waals surface area contributed by atoms with Crippen LogP contribution >= 0.6 is 36.2 Å². The third kappa shape index (κ3) is 4.57. The summed E-state index contributed by atoms with van der Waals surface area (Å²) < 4.78 is 41.3. The number of anilines is 1. The van der Waals surface area contributed by atoms with Gasteiger partial charge in [0.25, 0.3) is 0 Å². The Kier molecular flexibility index (Phi) is 7.25. The molecule has 0 radical (unpaired) electrons. The summed E-state index contributed by atoms with van der Waals surface area (Å²) in [5.74, 6) is -0.692. The van der Waals surface area contributed by atoms with Crippen molar-refractivity contribution in [1.29, 1.82) is 0 Å². The highest BCUT2D eigenvalue weighted by Gasteiger charge is 2.35. The Morgan fingerprint density at radius 2 is 1.88 bits per heavy atom. The summed E-state index contributed by atoms with van der Waals surface area (Å²) >= 11 is 1.09. The number of imidazole rings is 1. The summed E-state index contributed by atoms with van der Waals surface area (Å²) in [7, 11) is 1.60. The lowest BCUT2D eigenvalue weighted by Crippen LogP contribution is -2.22. The number of carbonyl (C=O) groups is 1. The van der Waals surface area contributed by atoms with E-state index in [1.165, 1.54) is 10.6 Å². The van der Waals surface area contributed by atoms with Gasteiger partial charge in [0.1, 0.15) is 5.70 Å². The molecule has 0 atom stereocenters. The van der Waals surface area contributed by atoms with E-state index in [4.69, 9.17) is 0 Å². The number of nitrogens with one attached hydrogen (secondary N) is 1. The number of fused-ring (bicyclic) bond motifs is 1. The first-order valence-corrected chi connectivity index (χ1v) is 7.79. The standard InChI is InChI=1S/C16H12F3N3OS.2ClH/c1-22-11-6-3-2-5-10(11)20-15(22)21-14(16(17,18)19)9-12(23)13-7-4-8-24-13;;/h2-9H,1H3,(H,20,21);2*1H. The molecule has 2 heterocycles. The smallest absolute Gasteiger partial charge is 0.321 e. The van der Waals surface area contributed by atoms with E-state index < -0.39 is 17.7 Å². The van der Waals surface area contributed by atoms with Gasteiger partial charge in [-0.25, -0.2) is 4.98 Å². The first-order chi connectivity index (χ1) is 11.4. The predicted molar refractivity (Wildman–Crippen MR) is 102 cm³/mol. The normalized spacial score (nSPS) is 11.6. The molecule has 2 aromatic heterocycles. The van der Waals surface area contributed by atoms with Gasteiger partial charge in [0.05, 0.1) is 15.9 Å². The Hall–Kier alpha value is -2.03. The van der Waals surface area contributed by atoms with Crippen LogP contribution in [0, 0.1) is 0 Å². The van der Waals surface area contributed by atoms with Gasteiger partial charge in [0.15, 0.2) is 5.78 Å². The lowest BCUT2D eigenvalue weighted by Gasteiger charge is -2.13. The van der Waals surface area contributed by atoms with Gasteiger partial charge in [0, 0.05) is 13.1 Å². The van der Waals surface area contributed by atoms with Crippen LogP contribution in [0.25, 0.3) is 11.0 Å². The molecular formula is C16H14Cl2F3N3OS. The summed E-state index contributed by atoms with van der Waals surface area (Å²) in [6, 6.07) is 10.1. The van der Waals surface area contributed by atoms with Crippen molar-refractivity contribution in [3.05, 3.63) is 58.4 Å². The second-order valence-electron chi connectivity index (χ2n) is 5.01. The molecule has 0 fully saturated rings. The van der Waals surface area contributed by atoms with Crippen LogP contribution < -0.4 is 5.32 Å². The summed E-state index contributed by atoms with van der Waals surface area (Å²) in [6.45, 7) is 0. The fraction of sp³-hybridized carbons (Fsp3) is 0.125. The number of nitrogens with zero attached hydrogens (tertiary/aromatic N) is 2. The van der Waals surface area contributed by atoms with E-state index in [1.807, 2.05) is 0 Å². The third-order valence-electron chi connectivity index (χ3n) is 3.38. The van der Waals surface area contributed by atoms with Crippen molar-refractivity contribution in [3.63, 3.8) is 0 Å². The van der Waals surface area contributed by atoms with Crippen LogP contribution in [0.3, 0.4) is 0 Å². The molecule has 3 aromatic rings. The number of thiophene rings is 1. The van der Waals surface area contributed by atoms with Crippen LogP contribution in [0.4, 0.5) is 19.1 Å². The van der Waals surface area contributed by atoms with Gasteiger partial charge in [-0.3, -0.25) is 4.79 Å². The van der Waals surface area contributed by atoms with Crippen LogP contribution in [0.1, 0.15) is 9.67 Å². The van der Waals surface area contributed by atoms with Crippen molar-refractivity contribution >= 4 is 58.9 Å². The fourth-order valence-corrected chi connectivity index (χ4v) is 2.82. The maximum atomic E-state index is 13.3. The molecule has 1 aromatic carbocycles. The number of benzene rings is 1. The quantitative estimate of drug-likeness (QED) is 0.462. The number of hydrogen-bond donors (Lipinski definition) is 1. The zero-order valence-electron chi connectivity index (χ0n) is 13.3. The Morgan fingerprint density at radius 1 is 1.19 bits per heavy atom. The number of para-hydroxylation sites is 2. The number of halogens is 5. The minimum absolute atomic E-state index is 0. The first kappa shape index (κ1) is 22.0. The first-order valence-electron chi connectivity index (χ1n) is 6.91. The van der Waals surface area contributed by atoms with Gasteiger partial charge in [-0.1, -0.05) is 18.2 Å². The SMILES string of the molecule is Cl.Cl.Cn1c(NC(=CC(=O)c2cccs2)C(F)(F)F)nc2ccccc21. The van der Waals surface area contributed by atoms with Crippen molar-refractivity contribution in [2.45, 2.75) is 6.18 Å². The maximum Gasteiger partial charge on any atom is 0.431 e. The number of allylic oxidation sites excluding steroid dienone is 2. The number of rotatable bonds is 4. The number of ketones is 1. The Labute approximate surface area is 163 Å². The number of aryl methyl sites for hydroxylation is 1. The zero-order valence-corrected chi connectivity index (χ0v) is 15.7. The van der Waals surface area contributed by atoms with E-state index in [0.29, 0.717) is 17.1 Å². The van der Waals surface area contributed by atoms with E-state index in [1.54, 1.807) is 42.8 Å². The molecule has 0 aliphatic carbocycles. The highest BCUT2D eigenvalue weighted by molar-refractivity contribution is 7.12. The third-order valence-corrected chi connectivity index (χ3v) is 4.26. The van der Waals surface area contributed by atoms with E-state index in [9.17, 15) is 18.0 Å². The largest absolute Gasteiger partial charge is 0.431 e. The molecule has 1 N–H and O–H groups in total. The zero-order chi connectivity index (χ0) is 17.3. The van der Waals surface area contributed by atoms with E-state index >= 15 is 0 Å². The summed E-state index contributed by atoms with van der Waals surface area (Å²) in [6.07, 6.45) is -4.14. The average molecular weight is 424 g/mol. The molecule has 140 valence electrons. The van der Waals surface area contributed by atoms with Gasteiger partial charge in [-0.05, 0) is 23.6 Å². The Balaban J connectivity index is 0.00000169. The molecule has 0 saturated carbocycles. The summed E-state index contributed by atoms with van der Waals surface area (Å²) in [5, 5.41) is 3.87. The van der Waals surface area contributed by atoms with Crippen LogP contribution in [-0.4, -0.2) is 21.5 Å². The van der Waals surface area contributed by atoms with Gasteiger partial charge >= 0.3 is 6.18 Å². The van der Waals surface area contributed by atoms with Gasteiger partial charge in [-0.15, -0.1) is 36.2 Å². The molecule has 0 amide bonds. The fourth-order valence-electron chi connectivity index (χ4n) is 2.19. The van der Waals surface area contributed by atoms with Gasteiger partial charge < -0.3 is 9.88 Å². The lowest BCUT2D eigenvalue weighted by atomic mass is 10.2. The molecule has 0 aliphatic rings. The second kappa shape index (κ2) is 8.57. The van der Waals surface area contributed by atoms with Crippen molar-refractivity contribution < 1.29 is 18.0 Å². The average Bonchev–Trinajstić information content (AvgIpc) is 3.15. The van der Waals surface area contributed by atoms with Crippen LogP contribution in [-0.2, 0) is 7.05 Å². The Morgan fingerprint density at radius 3 is 2.46 bits per heavy atom. The molecule has 0 saturated heterocycles. The van der Waals surface area contributed by atoms with Gasteiger partial charge in [0.2, 0.25) is 5.95 Å². The molecule has 0 aliphatic heterocycles. The minimum Gasteiger partial charge on any atom is -0.321 e. The number of hydrogen-bond acceptors (Lipinski definition) is 4. The minimum atomic E-state index is -4.70. The topological polar surface area (TPSA) is 46.9 Å². The predicted octanol–water partition coefficient (Wildman–Crippen LogP) is 5.22. The van der Waals surface area contributed by atoms with E-state index in [2.05, 4.69) is 10.3 Å². The number of alkyl halides is 3. The number of aromatic nitrogens is 2.